The number of carboxylic acids is 1. The Bertz CT molecular complexity index is 588. The number of rotatable bonds is 7. The van der Waals surface area contributed by atoms with Crippen LogP contribution in [0.2, 0.25) is 0 Å². The van der Waals surface area contributed by atoms with E-state index in [0.29, 0.717) is 45.4 Å². The molecule has 8 nitrogen and oxygen atoms in total. The Kier molecular flexibility index (Phi) is 6.81. The van der Waals surface area contributed by atoms with Crippen LogP contribution >= 0.6 is 0 Å². The molecule has 0 radical (unpaired) electrons. The molecule has 8 heteroatoms. The van der Waals surface area contributed by atoms with Gasteiger partial charge >= 0.3 is 5.97 Å². The van der Waals surface area contributed by atoms with Crippen molar-refractivity contribution in [1.29, 1.82) is 5.26 Å². The molecular weight excluding hydrogens is 324 g/mol. The van der Waals surface area contributed by atoms with Crippen LogP contribution in [0.15, 0.2) is 11.8 Å². The number of aliphatic carboxylic acids is 1. The van der Waals surface area contributed by atoms with Crippen molar-refractivity contribution < 1.29 is 19.5 Å². The van der Waals surface area contributed by atoms with Gasteiger partial charge in [-0.2, -0.15) is 5.26 Å². The Morgan fingerprint density at radius 3 is 2.60 bits per heavy atom. The lowest BCUT2D eigenvalue weighted by Gasteiger charge is -2.29. The van der Waals surface area contributed by atoms with Gasteiger partial charge < -0.3 is 20.2 Å². The summed E-state index contributed by atoms with van der Waals surface area (Å²) < 4.78 is 0. The average Bonchev–Trinajstić information content (AvgIpc) is 3.02. The smallest absolute Gasteiger partial charge is 0.306 e. The third-order valence-corrected chi connectivity index (χ3v) is 4.65. The van der Waals surface area contributed by atoms with Gasteiger partial charge in [-0.15, -0.1) is 0 Å². The van der Waals surface area contributed by atoms with E-state index >= 15 is 0 Å². The molecule has 0 bridgehead atoms. The molecule has 0 unspecified atom stereocenters. The highest BCUT2D eigenvalue weighted by molar-refractivity contribution is 5.97. The van der Waals surface area contributed by atoms with Crippen molar-refractivity contribution in [2.24, 2.45) is 5.92 Å². The average molecular weight is 348 g/mol. The van der Waals surface area contributed by atoms with E-state index in [2.05, 4.69) is 5.32 Å². The van der Waals surface area contributed by atoms with E-state index in [4.69, 9.17) is 5.11 Å². The minimum absolute atomic E-state index is 0.0195. The van der Waals surface area contributed by atoms with Gasteiger partial charge in [-0.1, -0.05) is 0 Å². The van der Waals surface area contributed by atoms with Crippen molar-refractivity contribution in [2.75, 3.05) is 32.7 Å². The summed E-state index contributed by atoms with van der Waals surface area (Å²) in [6.45, 7) is 2.77. The van der Waals surface area contributed by atoms with Crippen LogP contribution in [0.25, 0.3) is 0 Å². The van der Waals surface area contributed by atoms with Crippen LogP contribution in [0.4, 0.5) is 0 Å². The predicted molar refractivity (Wildman–Crippen MR) is 89.1 cm³/mol. The van der Waals surface area contributed by atoms with Gasteiger partial charge in [-0.3, -0.25) is 14.4 Å². The molecule has 0 aromatic carbocycles. The van der Waals surface area contributed by atoms with Gasteiger partial charge in [0.1, 0.15) is 11.6 Å². The summed E-state index contributed by atoms with van der Waals surface area (Å²) in [5, 5.41) is 21.1. The number of nitrogens with zero attached hydrogens (tertiary/aromatic N) is 3. The number of hydrogen-bond acceptors (Lipinski definition) is 5. The molecule has 2 aliphatic rings. The zero-order valence-electron chi connectivity index (χ0n) is 14.2. The number of piperidine rings is 1. The van der Waals surface area contributed by atoms with E-state index in [-0.39, 0.29) is 17.4 Å². The molecule has 0 aromatic rings. The predicted octanol–water partition coefficient (Wildman–Crippen LogP) is 0.319. The summed E-state index contributed by atoms with van der Waals surface area (Å²) in [6, 6.07) is 1.90. The second-order valence-corrected chi connectivity index (χ2v) is 6.37. The minimum Gasteiger partial charge on any atom is -0.481 e. The first-order valence-electron chi connectivity index (χ1n) is 8.66. The lowest BCUT2D eigenvalue weighted by atomic mass is 9.97. The molecule has 2 fully saturated rings. The summed E-state index contributed by atoms with van der Waals surface area (Å²) in [6.07, 6.45) is 4.53. The van der Waals surface area contributed by atoms with E-state index < -0.39 is 11.9 Å². The molecule has 0 aliphatic carbocycles. The molecule has 0 spiro atoms. The normalized spacial score (nSPS) is 19.0. The first-order valence-corrected chi connectivity index (χ1v) is 8.66. The molecule has 136 valence electrons. The first-order chi connectivity index (χ1) is 12.0. The lowest BCUT2D eigenvalue weighted by Crippen LogP contribution is -2.41. The van der Waals surface area contributed by atoms with E-state index in [9.17, 15) is 19.6 Å². The van der Waals surface area contributed by atoms with Crippen LogP contribution in [0, 0.1) is 17.2 Å². The second kappa shape index (κ2) is 9.06. The highest BCUT2D eigenvalue weighted by atomic mass is 16.4. The summed E-state index contributed by atoms with van der Waals surface area (Å²) in [5.41, 5.74) is 0.0195. The van der Waals surface area contributed by atoms with E-state index in [1.54, 1.807) is 0 Å². The van der Waals surface area contributed by atoms with Crippen LogP contribution < -0.4 is 5.32 Å². The maximum absolute atomic E-state index is 12.3. The molecule has 25 heavy (non-hydrogen) atoms. The fraction of sp³-hybridized carbons (Fsp3) is 0.647. The van der Waals surface area contributed by atoms with Crippen LogP contribution in [0.1, 0.15) is 32.1 Å². The summed E-state index contributed by atoms with van der Waals surface area (Å²) in [5.74, 6) is -1.42. The topological polar surface area (TPSA) is 114 Å². The maximum atomic E-state index is 12.3. The van der Waals surface area contributed by atoms with Crippen LogP contribution in [-0.4, -0.2) is 65.4 Å². The van der Waals surface area contributed by atoms with Gasteiger partial charge in [0.05, 0.1) is 5.92 Å². The molecule has 2 N–H and O–H groups in total. The summed E-state index contributed by atoms with van der Waals surface area (Å²) in [7, 11) is 0. The zero-order chi connectivity index (χ0) is 18.2. The van der Waals surface area contributed by atoms with Gasteiger partial charge in [0, 0.05) is 45.3 Å². The Balaban J connectivity index is 1.74. The monoisotopic (exact) mass is 348 g/mol. The number of amides is 2. The SMILES string of the molecule is N#C/C(=C/NCCCN1CCCC1=O)C(=O)N1CCC(C(=O)O)CC1. The van der Waals surface area contributed by atoms with Crippen molar-refractivity contribution in [3.05, 3.63) is 11.8 Å². The molecule has 0 saturated carbocycles. The number of likely N-dealkylation sites (tertiary alicyclic amines) is 2. The molecule has 2 saturated heterocycles. The van der Waals surface area contributed by atoms with Crippen LogP contribution in [0.3, 0.4) is 0 Å². The molecule has 0 atom stereocenters. The second-order valence-electron chi connectivity index (χ2n) is 6.37. The van der Waals surface area contributed by atoms with Gasteiger partial charge in [0.2, 0.25) is 5.91 Å². The Morgan fingerprint density at radius 2 is 2.04 bits per heavy atom. The molecule has 2 heterocycles. The van der Waals surface area contributed by atoms with E-state index in [1.807, 2.05) is 11.0 Å². The van der Waals surface area contributed by atoms with Crippen molar-refractivity contribution in [3.8, 4) is 6.07 Å². The first kappa shape index (κ1) is 18.8. The summed E-state index contributed by atoms with van der Waals surface area (Å²) >= 11 is 0. The third kappa shape index (κ3) is 5.21. The number of hydrogen-bond donors (Lipinski definition) is 2. The standard InChI is InChI=1S/C17H24N4O4/c18-11-14(12-19-6-2-8-20-7-1-3-15(20)22)16(23)21-9-4-13(5-10-21)17(24)25/h12-13,19H,1-10H2,(H,24,25)/b14-12-. The van der Waals surface area contributed by atoms with Crippen molar-refractivity contribution >= 4 is 17.8 Å². The highest BCUT2D eigenvalue weighted by Gasteiger charge is 2.28. The van der Waals surface area contributed by atoms with Crippen LogP contribution in [0.5, 0.6) is 0 Å². The van der Waals surface area contributed by atoms with Crippen molar-refractivity contribution in [2.45, 2.75) is 32.1 Å². The van der Waals surface area contributed by atoms with E-state index in [1.165, 1.54) is 11.1 Å². The van der Waals surface area contributed by atoms with Gasteiger partial charge in [0.15, 0.2) is 0 Å². The Labute approximate surface area is 147 Å². The molecule has 2 amide bonds. The number of carboxylic acid groups (broad SMARTS) is 1. The lowest BCUT2D eigenvalue weighted by molar-refractivity contribution is -0.145. The quantitative estimate of drug-likeness (QED) is 0.389. The Morgan fingerprint density at radius 1 is 1.32 bits per heavy atom. The van der Waals surface area contributed by atoms with Crippen molar-refractivity contribution in [1.82, 2.24) is 15.1 Å². The number of nitriles is 1. The number of carbonyl (C=O) groups excluding carboxylic acids is 2. The van der Waals surface area contributed by atoms with Gasteiger partial charge in [0.25, 0.3) is 5.91 Å². The zero-order valence-corrected chi connectivity index (χ0v) is 14.2. The largest absolute Gasteiger partial charge is 0.481 e. The maximum Gasteiger partial charge on any atom is 0.306 e. The van der Waals surface area contributed by atoms with Crippen LogP contribution in [-0.2, 0) is 14.4 Å². The molecular formula is C17H24N4O4. The van der Waals surface area contributed by atoms with Gasteiger partial charge in [-0.25, -0.2) is 0 Å². The highest BCUT2D eigenvalue weighted by Crippen LogP contribution is 2.18. The third-order valence-electron chi connectivity index (χ3n) is 4.65. The molecule has 2 rings (SSSR count). The Hall–Kier alpha value is -2.56. The molecule has 2 aliphatic heterocycles. The number of carbonyl (C=O) groups is 3. The minimum atomic E-state index is -0.832. The number of nitrogens with one attached hydrogen (secondary N) is 1. The van der Waals surface area contributed by atoms with Gasteiger partial charge in [-0.05, 0) is 25.7 Å². The summed E-state index contributed by atoms with van der Waals surface area (Å²) in [4.78, 5) is 38.1. The van der Waals surface area contributed by atoms with E-state index in [0.717, 1.165) is 19.4 Å². The van der Waals surface area contributed by atoms with Crippen molar-refractivity contribution in [3.63, 3.8) is 0 Å². The fourth-order valence-corrected chi connectivity index (χ4v) is 3.13. The molecule has 0 aromatic heterocycles. The fourth-order valence-electron chi connectivity index (χ4n) is 3.13.